The van der Waals surface area contributed by atoms with Crippen LogP contribution in [0.4, 0.5) is 5.13 Å². The molecule has 0 radical (unpaired) electrons. The van der Waals surface area contributed by atoms with Crippen LogP contribution in [0.15, 0.2) is 54.7 Å². The number of amides is 1. The van der Waals surface area contributed by atoms with Crippen molar-refractivity contribution in [3.05, 3.63) is 65.2 Å². The van der Waals surface area contributed by atoms with Crippen molar-refractivity contribution < 1.29 is 19.0 Å². The minimum Gasteiger partial charge on any atom is -0.493 e. The Kier molecular flexibility index (Phi) is 5.63. The zero-order valence-corrected chi connectivity index (χ0v) is 18.0. The molecule has 1 fully saturated rings. The molecule has 0 unspecified atom stereocenters. The number of benzene rings is 2. The van der Waals surface area contributed by atoms with E-state index in [4.69, 9.17) is 14.2 Å². The molecular formula is C23H24N2O4S. The van der Waals surface area contributed by atoms with Crippen molar-refractivity contribution in [2.45, 2.75) is 18.8 Å². The Morgan fingerprint density at radius 2 is 1.93 bits per heavy atom. The van der Waals surface area contributed by atoms with Gasteiger partial charge in [0.05, 0.1) is 26.7 Å². The van der Waals surface area contributed by atoms with E-state index in [1.54, 1.807) is 26.5 Å². The van der Waals surface area contributed by atoms with E-state index in [1.807, 2.05) is 37.3 Å². The molecule has 156 valence electrons. The summed E-state index contributed by atoms with van der Waals surface area (Å²) < 4.78 is 16.8. The van der Waals surface area contributed by atoms with Crippen LogP contribution in [0.5, 0.6) is 17.2 Å². The first-order valence-electron chi connectivity index (χ1n) is 9.69. The molecule has 4 rings (SSSR count). The Morgan fingerprint density at radius 3 is 2.60 bits per heavy atom. The number of methoxy groups -OCH3 is 2. The Balaban J connectivity index is 1.53. The number of nitrogens with zero attached hydrogens (tertiary/aromatic N) is 1. The summed E-state index contributed by atoms with van der Waals surface area (Å²) >= 11 is 1.47. The van der Waals surface area contributed by atoms with Gasteiger partial charge in [0.1, 0.15) is 5.75 Å². The van der Waals surface area contributed by atoms with E-state index in [0.717, 1.165) is 16.9 Å². The van der Waals surface area contributed by atoms with Crippen LogP contribution < -0.4 is 19.5 Å². The van der Waals surface area contributed by atoms with E-state index in [2.05, 4.69) is 22.4 Å². The minimum atomic E-state index is -0.370. The minimum absolute atomic E-state index is 0.0240. The molecule has 1 aliphatic rings. The zero-order chi connectivity index (χ0) is 21.1. The van der Waals surface area contributed by atoms with E-state index < -0.39 is 0 Å². The molecular weight excluding hydrogens is 400 g/mol. The molecule has 1 aliphatic carbocycles. The topological polar surface area (TPSA) is 69.7 Å². The third kappa shape index (κ3) is 3.98. The second kappa shape index (κ2) is 8.36. The number of hydrogen-bond donors (Lipinski definition) is 1. The third-order valence-corrected chi connectivity index (χ3v) is 6.27. The van der Waals surface area contributed by atoms with Crippen molar-refractivity contribution in [2.24, 2.45) is 5.92 Å². The van der Waals surface area contributed by atoms with Crippen LogP contribution >= 0.6 is 11.3 Å². The first-order valence-corrected chi connectivity index (χ1v) is 10.5. The first kappa shape index (κ1) is 20.2. The van der Waals surface area contributed by atoms with Gasteiger partial charge in [-0.15, -0.1) is 11.3 Å². The van der Waals surface area contributed by atoms with E-state index in [-0.39, 0.29) is 17.2 Å². The molecule has 30 heavy (non-hydrogen) atoms. The summed E-state index contributed by atoms with van der Waals surface area (Å²) in [7, 11) is 3.19. The van der Waals surface area contributed by atoms with Gasteiger partial charge in [-0.3, -0.25) is 4.79 Å². The summed E-state index contributed by atoms with van der Waals surface area (Å²) in [4.78, 5) is 18.2. The molecule has 1 heterocycles. The van der Waals surface area contributed by atoms with Gasteiger partial charge in [-0.1, -0.05) is 30.3 Å². The number of ether oxygens (including phenoxy) is 3. The van der Waals surface area contributed by atoms with Crippen LogP contribution in [0.25, 0.3) is 0 Å². The Bertz CT molecular complexity index is 1040. The molecule has 0 aliphatic heterocycles. The van der Waals surface area contributed by atoms with Gasteiger partial charge in [0.15, 0.2) is 16.6 Å². The van der Waals surface area contributed by atoms with E-state index in [0.29, 0.717) is 29.0 Å². The van der Waals surface area contributed by atoms with Crippen LogP contribution in [0.3, 0.4) is 0 Å². The average molecular weight is 425 g/mol. The number of rotatable bonds is 8. The summed E-state index contributed by atoms with van der Waals surface area (Å²) in [6.07, 6.45) is 2.48. The monoisotopic (exact) mass is 424 g/mol. The van der Waals surface area contributed by atoms with Crippen molar-refractivity contribution in [2.75, 3.05) is 26.1 Å². The van der Waals surface area contributed by atoms with E-state index in [9.17, 15) is 4.79 Å². The SMILES string of the molecule is COc1ccc(OC[C@@]2(c3ccccc3)C[C@H]2C(=O)Nc2ncc(C)s2)cc1OC. The van der Waals surface area contributed by atoms with Gasteiger partial charge in [0, 0.05) is 22.6 Å². The Hall–Kier alpha value is -3.06. The largest absolute Gasteiger partial charge is 0.493 e. The van der Waals surface area contributed by atoms with Crippen molar-refractivity contribution in [1.82, 2.24) is 4.98 Å². The molecule has 7 heteroatoms. The molecule has 2 atom stereocenters. The molecule has 1 aromatic heterocycles. The van der Waals surface area contributed by atoms with Crippen LogP contribution in [-0.4, -0.2) is 31.7 Å². The molecule has 6 nitrogen and oxygen atoms in total. The fraction of sp³-hybridized carbons (Fsp3) is 0.304. The van der Waals surface area contributed by atoms with Gasteiger partial charge in [-0.25, -0.2) is 4.98 Å². The highest BCUT2D eigenvalue weighted by molar-refractivity contribution is 7.15. The summed E-state index contributed by atoms with van der Waals surface area (Å²) in [5.41, 5.74) is 0.728. The number of hydrogen-bond acceptors (Lipinski definition) is 6. The lowest BCUT2D eigenvalue weighted by Gasteiger charge is -2.19. The molecule has 1 saturated carbocycles. The lowest BCUT2D eigenvalue weighted by Crippen LogP contribution is -2.26. The van der Waals surface area contributed by atoms with Crippen LogP contribution in [0.1, 0.15) is 16.9 Å². The quantitative estimate of drug-likeness (QED) is 0.579. The van der Waals surface area contributed by atoms with Gasteiger partial charge in [-0.2, -0.15) is 0 Å². The third-order valence-electron chi connectivity index (χ3n) is 5.44. The van der Waals surface area contributed by atoms with Gasteiger partial charge in [0.2, 0.25) is 5.91 Å². The number of aryl methyl sites for hydroxylation is 1. The number of anilines is 1. The fourth-order valence-corrected chi connectivity index (χ4v) is 4.37. The second-order valence-electron chi connectivity index (χ2n) is 7.35. The van der Waals surface area contributed by atoms with Crippen molar-refractivity contribution in [3.63, 3.8) is 0 Å². The Labute approximate surface area is 179 Å². The number of nitrogens with one attached hydrogen (secondary N) is 1. The summed E-state index contributed by atoms with van der Waals surface area (Å²) in [6, 6.07) is 15.5. The summed E-state index contributed by atoms with van der Waals surface area (Å²) in [5.74, 6) is 1.72. The normalized spacial score (nSPS) is 19.8. The van der Waals surface area contributed by atoms with Gasteiger partial charge in [-0.05, 0) is 31.0 Å². The summed E-state index contributed by atoms with van der Waals surface area (Å²) in [5, 5.41) is 3.59. The average Bonchev–Trinajstić information content (AvgIpc) is 3.39. The fourth-order valence-electron chi connectivity index (χ4n) is 3.70. The number of aromatic nitrogens is 1. The summed E-state index contributed by atoms with van der Waals surface area (Å²) in [6.45, 7) is 2.36. The lowest BCUT2D eigenvalue weighted by molar-refractivity contribution is -0.117. The molecule has 1 amide bonds. The highest BCUT2D eigenvalue weighted by Gasteiger charge is 2.60. The van der Waals surface area contributed by atoms with Gasteiger partial charge in [0.25, 0.3) is 0 Å². The standard InChI is InChI=1S/C23H24N2O4S/c1-15-13-24-22(30-15)25-21(26)18-12-23(18,16-7-5-4-6-8-16)14-29-17-9-10-19(27-2)20(11-17)28-3/h4-11,13,18H,12,14H2,1-3H3,(H,24,25,26)/t18-,23+/m0/s1. The maximum atomic E-state index is 12.9. The molecule has 2 aromatic carbocycles. The number of carbonyl (C=O) groups excluding carboxylic acids is 1. The zero-order valence-electron chi connectivity index (χ0n) is 17.2. The smallest absolute Gasteiger partial charge is 0.230 e. The van der Waals surface area contributed by atoms with Crippen molar-refractivity contribution >= 4 is 22.4 Å². The highest BCUT2D eigenvalue weighted by atomic mass is 32.1. The maximum absolute atomic E-state index is 12.9. The van der Waals surface area contributed by atoms with Crippen LogP contribution in [0.2, 0.25) is 0 Å². The predicted octanol–water partition coefficient (Wildman–Crippen LogP) is 4.44. The Morgan fingerprint density at radius 1 is 1.17 bits per heavy atom. The molecule has 3 aromatic rings. The first-order chi connectivity index (χ1) is 14.6. The molecule has 1 N–H and O–H groups in total. The van der Waals surface area contributed by atoms with Crippen molar-refractivity contribution in [3.8, 4) is 17.2 Å². The molecule has 0 spiro atoms. The molecule has 0 saturated heterocycles. The van der Waals surface area contributed by atoms with Crippen LogP contribution in [-0.2, 0) is 10.2 Å². The van der Waals surface area contributed by atoms with E-state index >= 15 is 0 Å². The highest BCUT2D eigenvalue weighted by Crippen LogP contribution is 2.55. The van der Waals surface area contributed by atoms with Gasteiger partial charge < -0.3 is 19.5 Å². The lowest BCUT2D eigenvalue weighted by atomic mass is 9.94. The molecule has 0 bridgehead atoms. The second-order valence-corrected chi connectivity index (χ2v) is 8.58. The van der Waals surface area contributed by atoms with E-state index in [1.165, 1.54) is 11.3 Å². The van der Waals surface area contributed by atoms with Crippen molar-refractivity contribution in [1.29, 1.82) is 0 Å². The number of thiazole rings is 1. The maximum Gasteiger partial charge on any atom is 0.230 e. The number of carbonyl (C=O) groups is 1. The van der Waals surface area contributed by atoms with Gasteiger partial charge >= 0.3 is 0 Å². The van der Waals surface area contributed by atoms with Crippen LogP contribution in [0, 0.1) is 12.8 Å². The predicted molar refractivity (Wildman–Crippen MR) is 117 cm³/mol.